The summed E-state index contributed by atoms with van der Waals surface area (Å²) in [5.41, 5.74) is 0. The zero-order valence-corrected chi connectivity index (χ0v) is 8.71. The van der Waals surface area contributed by atoms with Crippen LogP contribution in [0.2, 0.25) is 0 Å². The van der Waals surface area contributed by atoms with E-state index in [1.807, 2.05) is 6.92 Å². The lowest BCUT2D eigenvalue weighted by atomic mass is 9.98. The van der Waals surface area contributed by atoms with E-state index in [-0.39, 0.29) is 11.7 Å². The van der Waals surface area contributed by atoms with Gasteiger partial charge in [-0.3, -0.25) is 0 Å². The molecular formula is C9H12F3N3O. The average molecular weight is 235 g/mol. The van der Waals surface area contributed by atoms with Crippen LogP contribution in [-0.2, 0) is 6.42 Å². The van der Waals surface area contributed by atoms with Gasteiger partial charge in [0.25, 0.3) is 0 Å². The number of aromatic nitrogens is 2. The van der Waals surface area contributed by atoms with Crippen LogP contribution in [0.15, 0.2) is 4.52 Å². The third-order valence-electron chi connectivity index (χ3n) is 2.68. The molecule has 1 aromatic heterocycles. The molecule has 2 atom stereocenters. The van der Waals surface area contributed by atoms with Crippen molar-refractivity contribution in [2.24, 2.45) is 5.92 Å². The maximum absolute atomic E-state index is 12.1. The highest BCUT2D eigenvalue weighted by Gasteiger charge is 2.33. The molecule has 4 nitrogen and oxygen atoms in total. The third kappa shape index (κ3) is 2.52. The molecular weight excluding hydrogens is 223 g/mol. The molecule has 0 amide bonds. The molecule has 16 heavy (non-hydrogen) atoms. The molecule has 7 heteroatoms. The Balaban J connectivity index is 2.07. The molecule has 1 aliphatic rings. The fraction of sp³-hybridized carbons (Fsp3) is 0.778. The quantitative estimate of drug-likeness (QED) is 0.843. The van der Waals surface area contributed by atoms with Crippen LogP contribution in [0.1, 0.15) is 24.6 Å². The fourth-order valence-electron chi connectivity index (χ4n) is 1.81. The van der Waals surface area contributed by atoms with Crippen molar-refractivity contribution in [1.82, 2.24) is 15.5 Å². The van der Waals surface area contributed by atoms with Crippen molar-refractivity contribution in [2.45, 2.75) is 25.4 Å². The molecule has 0 unspecified atom stereocenters. The maximum Gasteiger partial charge on any atom is 0.396 e. The van der Waals surface area contributed by atoms with Crippen LogP contribution in [0.5, 0.6) is 0 Å². The Labute approximate surface area is 90.2 Å². The fourth-order valence-corrected chi connectivity index (χ4v) is 1.81. The van der Waals surface area contributed by atoms with E-state index in [0.29, 0.717) is 18.4 Å². The van der Waals surface area contributed by atoms with E-state index in [1.54, 1.807) is 0 Å². The molecule has 0 saturated carbocycles. The van der Waals surface area contributed by atoms with Gasteiger partial charge in [0.1, 0.15) is 6.42 Å². The summed E-state index contributed by atoms with van der Waals surface area (Å²) in [6.07, 6.45) is -5.42. The normalized spacial score (nSPS) is 26.2. The van der Waals surface area contributed by atoms with Gasteiger partial charge < -0.3 is 9.84 Å². The van der Waals surface area contributed by atoms with Crippen LogP contribution < -0.4 is 5.32 Å². The Bertz CT molecular complexity index is 363. The van der Waals surface area contributed by atoms with E-state index >= 15 is 0 Å². The highest BCUT2D eigenvalue weighted by molar-refractivity contribution is 5.01. The van der Waals surface area contributed by atoms with Crippen molar-refractivity contribution in [3.63, 3.8) is 0 Å². The van der Waals surface area contributed by atoms with Gasteiger partial charge in [0.05, 0.1) is 5.92 Å². The maximum atomic E-state index is 12.1. The van der Waals surface area contributed by atoms with Crippen molar-refractivity contribution in [2.75, 3.05) is 13.1 Å². The number of nitrogens with one attached hydrogen (secondary N) is 1. The van der Waals surface area contributed by atoms with Gasteiger partial charge in [0.2, 0.25) is 5.89 Å². The molecule has 1 N–H and O–H groups in total. The molecule has 1 saturated heterocycles. The van der Waals surface area contributed by atoms with Gasteiger partial charge in [-0.1, -0.05) is 12.1 Å². The Kier molecular flexibility index (Phi) is 2.88. The largest absolute Gasteiger partial charge is 0.396 e. The molecule has 2 rings (SSSR count). The van der Waals surface area contributed by atoms with Crippen LogP contribution in [0.25, 0.3) is 0 Å². The SMILES string of the molecule is C[C@@H]1CNC[C@H]1c1nc(CC(F)(F)F)no1. The molecule has 0 aliphatic carbocycles. The Morgan fingerprint density at radius 1 is 1.44 bits per heavy atom. The van der Waals surface area contributed by atoms with E-state index in [4.69, 9.17) is 4.52 Å². The molecule has 1 aliphatic heterocycles. The van der Waals surface area contributed by atoms with Crippen LogP contribution >= 0.6 is 0 Å². The van der Waals surface area contributed by atoms with Gasteiger partial charge in [-0.05, 0) is 12.5 Å². The van der Waals surface area contributed by atoms with E-state index in [9.17, 15) is 13.2 Å². The van der Waals surface area contributed by atoms with Crippen molar-refractivity contribution in [3.05, 3.63) is 11.7 Å². The first-order chi connectivity index (χ1) is 7.46. The molecule has 1 aromatic rings. The third-order valence-corrected chi connectivity index (χ3v) is 2.68. The standard InChI is InChI=1S/C9H12F3N3O/c1-5-3-13-4-6(5)8-14-7(15-16-8)2-9(10,11)12/h5-6,13H,2-4H2,1H3/t5-,6-/m1/s1. The van der Waals surface area contributed by atoms with E-state index in [1.165, 1.54) is 0 Å². The number of nitrogens with zero attached hydrogens (tertiary/aromatic N) is 2. The molecule has 1 fully saturated rings. The second-order valence-electron chi connectivity index (χ2n) is 4.08. The lowest BCUT2D eigenvalue weighted by Gasteiger charge is -2.07. The number of hydrogen-bond acceptors (Lipinski definition) is 4. The Morgan fingerprint density at radius 3 is 2.75 bits per heavy atom. The monoisotopic (exact) mass is 235 g/mol. The minimum absolute atomic E-state index is 0.0227. The summed E-state index contributed by atoms with van der Waals surface area (Å²) >= 11 is 0. The summed E-state index contributed by atoms with van der Waals surface area (Å²) in [6, 6.07) is 0. The zero-order chi connectivity index (χ0) is 11.8. The number of alkyl halides is 3. The van der Waals surface area contributed by atoms with Crippen LogP contribution in [-0.4, -0.2) is 29.4 Å². The summed E-state index contributed by atoms with van der Waals surface area (Å²) in [5.74, 6) is 0.340. The second-order valence-corrected chi connectivity index (χ2v) is 4.08. The average Bonchev–Trinajstić information content (AvgIpc) is 2.71. The molecule has 0 spiro atoms. The van der Waals surface area contributed by atoms with Crippen molar-refractivity contribution in [1.29, 1.82) is 0 Å². The highest BCUT2D eigenvalue weighted by atomic mass is 19.4. The van der Waals surface area contributed by atoms with Crippen LogP contribution in [0, 0.1) is 5.92 Å². The van der Waals surface area contributed by atoms with E-state index < -0.39 is 12.6 Å². The van der Waals surface area contributed by atoms with Crippen molar-refractivity contribution < 1.29 is 17.7 Å². The Hall–Kier alpha value is -1.11. The predicted molar refractivity (Wildman–Crippen MR) is 48.8 cm³/mol. The molecule has 0 bridgehead atoms. The summed E-state index contributed by atoms with van der Waals surface area (Å²) < 4.78 is 41.1. The van der Waals surface area contributed by atoms with E-state index in [2.05, 4.69) is 15.5 Å². The van der Waals surface area contributed by atoms with Gasteiger partial charge in [0.15, 0.2) is 5.82 Å². The van der Waals surface area contributed by atoms with Gasteiger partial charge in [-0.25, -0.2) is 0 Å². The number of halogens is 3. The summed E-state index contributed by atoms with van der Waals surface area (Å²) in [4.78, 5) is 3.79. The lowest BCUT2D eigenvalue weighted by molar-refractivity contribution is -0.128. The number of hydrogen-bond donors (Lipinski definition) is 1. The topological polar surface area (TPSA) is 51.0 Å². The lowest BCUT2D eigenvalue weighted by Crippen LogP contribution is -2.13. The highest BCUT2D eigenvalue weighted by Crippen LogP contribution is 2.27. The van der Waals surface area contributed by atoms with Crippen LogP contribution in [0.4, 0.5) is 13.2 Å². The van der Waals surface area contributed by atoms with Gasteiger partial charge in [-0.15, -0.1) is 0 Å². The van der Waals surface area contributed by atoms with Gasteiger partial charge in [0, 0.05) is 6.54 Å². The first-order valence-electron chi connectivity index (χ1n) is 5.05. The molecule has 0 radical (unpaired) electrons. The molecule has 2 heterocycles. The predicted octanol–water partition coefficient (Wildman–Crippen LogP) is 1.50. The van der Waals surface area contributed by atoms with Gasteiger partial charge >= 0.3 is 6.18 Å². The van der Waals surface area contributed by atoms with Crippen molar-refractivity contribution >= 4 is 0 Å². The Morgan fingerprint density at radius 2 is 2.19 bits per heavy atom. The number of rotatable bonds is 2. The van der Waals surface area contributed by atoms with Crippen molar-refractivity contribution in [3.8, 4) is 0 Å². The minimum Gasteiger partial charge on any atom is -0.339 e. The van der Waals surface area contributed by atoms with Crippen LogP contribution in [0.3, 0.4) is 0 Å². The first kappa shape index (κ1) is 11.4. The minimum atomic E-state index is -4.29. The summed E-state index contributed by atoms with van der Waals surface area (Å²) in [6.45, 7) is 3.49. The molecule has 90 valence electrons. The molecule has 0 aromatic carbocycles. The second kappa shape index (κ2) is 4.04. The van der Waals surface area contributed by atoms with E-state index in [0.717, 1.165) is 6.54 Å². The summed E-state index contributed by atoms with van der Waals surface area (Å²) in [7, 11) is 0. The summed E-state index contributed by atoms with van der Waals surface area (Å²) in [5, 5.41) is 6.47. The zero-order valence-electron chi connectivity index (χ0n) is 8.71. The van der Waals surface area contributed by atoms with Gasteiger partial charge in [-0.2, -0.15) is 18.2 Å². The smallest absolute Gasteiger partial charge is 0.339 e. The first-order valence-corrected chi connectivity index (χ1v) is 5.05.